The summed E-state index contributed by atoms with van der Waals surface area (Å²) in [5.74, 6) is 1.17. The predicted molar refractivity (Wildman–Crippen MR) is 57.1 cm³/mol. The summed E-state index contributed by atoms with van der Waals surface area (Å²) in [7, 11) is 2.01. The molecule has 5 heteroatoms. The van der Waals surface area contributed by atoms with E-state index in [1.54, 1.807) is 0 Å². The third-order valence-corrected chi connectivity index (χ3v) is 3.03. The van der Waals surface area contributed by atoms with Crippen LogP contribution < -0.4 is 0 Å². The predicted octanol–water partition coefficient (Wildman–Crippen LogP) is 1.46. The first-order chi connectivity index (χ1) is 7.56. The summed E-state index contributed by atoms with van der Waals surface area (Å²) in [6.45, 7) is 3.89. The van der Waals surface area contributed by atoms with E-state index in [2.05, 4.69) is 17.0 Å². The third-order valence-electron chi connectivity index (χ3n) is 3.03. The van der Waals surface area contributed by atoms with E-state index < -0.39 is 5.97 Å². The molecule has 0 saturated heterocycles. The van der Waals surface area contributed by atoms with Gasteiger partial charge in [0, 0.05) is 12.6 Å². The van der Waals surface area contributed by atoms with Crippen LogP contribution in [0.2, 0.25) is 0 Å². The maximum atomic E-state index is 10.6. The fourth-order valence-electron chi connectivity index (χ4n) is 1.87. The first-order valence-electron chi connectivity index (χ1n) is 5.43. The second kappa shape index (κ2) is 4.25. The fourth-order valence-corrected chi connectivity index (χ4v) is 1.87. The van der Waals surface area contributed by atoms with Crippen molar-refractivity contribution < 1.29 is 14.4 Å². The highest BCUT2D eigenvalue weighted by molar-refractivity contribution is 5.85. The van der Waals surface area contributed by atoms with Crippen molar-refractivity contribution in [3.8, 4) is 0 Å². The summed E-state index contributed by atoms with van der Waals surface area (Å²) in [6, 6.07) is 1.48. The van der Waals surface area contributed by atoms with E-state index in [0.717, 1.165) is 18.4 Å². The van der Waals surface area contributed by atoms with E-state index in [1.165, 1.54) is 12.5 Å². The van der Waals surface area contributed by atoms with Crippen LogP contribution in [-0.2, 0) is 6.54 Å². The molecule has 0 aliphatic heterocycles. The molecule has 88 valence electrons. The number of carboxylic acid groups (broad SMARTS) is 1. The highest BCUT2D eigenvalue weighted by Gasteiger charge is 2.33. The molecule has 1 N–H and O–H groups in total. The standard InChI is InChI=1S/C11H16N2O3/c1-7-3-8(7)5-13(2)6-9-4-10(11(14)15)12-16-9/h4,7-8H,3,5-6H2,1-2H3,(H,14,15). The summed E-state index contributed by atoms with van der Waals surface area (Å²) in [5.41, 5.74) is -0.0248. The molecule has 1 aliphatic carbocycles. The van der Waals surface area contributed by atoms with Gasteiger partial charge in [-0.2, -0.15) is 0 Å². The zero-order chi connectivity index (χ0) is 11.7. The normalized spacial score (nSPS) is 23.7. The summed E-state index contributed by atoms with van der Waals surface area (Å²) in [6.07, 6.45) is 1.29. The molecule has 0 spiro atoms. The zero-order valence-electron chi connectivity index (χ0n) is 9.51. The first kappa shape index (κ1) is 11.1. The van der Waals surface area contributed by atoms with Crippen LogP contribution in [0.1, 0.15) is 29.6 Å². The fraction of sp³-hybridized carbons (Fsp3) is 0.636. The van der Waals surface area contributed by atoms with Gasteiger partial charge in [-0.1, -0.05) is 12.1 Å². The van der Waals surface area contributed by atoms with Gasteiger partial charge >= 0.3 is 5.97 Å². The van der Waals surface area contributed by atoms with Crippen LogP contribution in [0, 0.1) is 11.8 Å². The van der Waals surface area contributed by atoms with E-state index in [9.17, 15) is 4.79 Å². The molecule has 2 atom stereocenters. The van der Waals surface area contributed by atoms with Crippen LogP contribution in [0.15, 0.2) is 10.6 Å². The van der Waals surface area contributed by atoms with Gasteiger partial charge in [0.2, 0.25) is 0 Å². The Morgan fingerprint density at radius 1 is 1.75 bits per heavy atom. The molecule has 16 heavy (non-hydrogen) atoms. The topological polar surface area (TPSA) is 66.6 Å². The number of carboxylic acids is 1. The minimum Gasteiger partial charge on any atom is -0.476 e. The molecule has 2 rings (SSSR count). The monoisotopic (exact) mass is 224 g/mol. The molecule has 1 aromatic rings. The van der Waals surface area contributed by atoms with E-state index >= 15 is 0 Å². The number of carbonyl (C=O) groups is 1. The van der Waals surface area contributed by atoms with Crippen LogP contribution in [0.4, 0.5) is 0 Å². The van der Waals surface area contributed by atoms with Crippen LogP contribution in [0.25, 0.3) is 0 Å². The molecule has 1 aliphatic rings. The van der Waals surface area contributed by atoms with Gasteiger partial charge in [0.25, 0.3) is 0 Å². The van der Waals surface area contributed by atoms with Gasteiger partial charge in [0.1, 0.15) is 0 Å². The quantitative estimate of drug-likeness (QED) is 0.820. The second-order valence-corrected chi connectivity index (χ2v) is 4.65. The Balaban J connectivity index is 1.85. The Labute approximate surface area is 94.0 Å². The number of aromatic nitrogens is 1. The van der Waals surface area contributed by atoms with Gasteiger partial charge in [-0.25, -0.2) is 4.79 Å². The largest absolute Gasteiger partial charge is 0.476 e. The van der Waals surface area contributed by atoms with Crippen molar-refractivity contribution in [3.05, 3.63) is 17.5 Å². The minimum absolute atomic E-state index is 0.0248. The molecule has 0 radical (unpaired) electrons. The van der Waals surface area contributed by atoms with Crippen LogP contribution in [0.3, 0.4) is 0 Å². The lowest BCUT2D eigenvalue weighted by molar-refractivity contribution is 0.0685. The molecular weight excluding hydrogens is 208 g/mol. The number of hydrogen-bond acceptors (Lipinski definition) is 4. The Morgan fingerprint density at radius 3 is 2.94 bits per heavy atom. The molecule has 0 aromatic carbocycles. The van der Waals surface area contributed by atoms with Gasteiger partial charge in [0.05, 0.1) is 6.54 Å². The summed E-state index contributed by atoms with van der Waals surface area (Å²) in [5, 5.41) is 12.2. The maximum absolute atomic E-state index is 10.6. The van der Waals surface area contributed by atoms with Gasteiger partial charge < -0.3 is 9.63 Å². The molecule has 1 aromatic heterocycles. The van der Waals surface area contributed by atoms with Crippen molar-refractivity contribution in [3.63, 3.8) is 0 Å². The van der Waals surface area contributed by atoms with Gasteiger partial charge in [-0.15, -0.1) is 0 Å². The van der Waals surface area contributed by atoms with Crippen molar-refractivity contribution in [2.75, 3.05) is 13.6 Å². The number of nitrogens with zero attached hydrogens (tertiary/aromatic N) is 2. The van der Waals surface area contributed by atoms with Gasteiger partial charge in [-0.05, 0) is 25.3 Å². The molecule has 2 unspecified atom stereocenters. The third kappa shape index (κ3) is 2.61. The average Bonchev–Trinajstić information content (AvgIpc) is 2.72. The molecule has 0 bridgehead atoms. The Morgan fingerprint density at radius 2 is 2.44 bits per heavy atom. The highest BCUT2D eigenvalue weighted by atomic mass is 16.5. The average molecular weight is 224 g/mol. The number of hydrogen-bond donors (Lipinski definition) is 1. The van der Waals surface area contributed by atoms with Crippen LogP contribution in [0.5, 0.6) is 0 Å². The molecule has 1 fully saturated rings. The minimum atomic E-state index is -1.05. The summed E-state index contributed by atoms with van der Waals surface area (Å²) >= 11 is 0. The van der Waals surface area contributed by atoms with E-state index in [-0.39, 0.29) is 5.69 Å². The molecule has 1 heterocycles. The SMILES string of the molecule is CC1CC1CN(C)Cc1cc(C(=O)O)no1. The Hall–Kier alpha value is -1.36. The number of rotatable bonds is 5. The van der Waals surface area contributed by atoms with Gasteiger partial charge in [0.15, 0.2) is 11.5 Å². The molecule has 5 nitrogen and oxygen atoms in total. The van der Waals surface area contributed by atoms with Gasteiger partial charge in [-0.3, -0.25) is 4.90 Å². The zero-order valence-corrected chi connectivity index (χ0v) is 9.51. The first-order valence-corrected chi connectivity index (χ1v) is 5.43. The smallest absolute Gasteiger partial charge is 0.358 e. The Kier molecular flexibility index (Phi) is 2.96. The maximum Gasteiger partial charge on any atom is 0.358 e. The lowest BCUT2D eigenvalue weighted by Crippen LogP contribution is -2.20. The van der Waals surface area contributed by atoms with Crippen LogP contribution >= 0.6 is 0 Å². The van der Waals surface area contributed by atoms with Crippen molar-refractivity contribution in [1.82, 2.24) is 10.1 Å². The van der Waals surface area contributed by atoms with Crippen molar-refractivity contribution >= 4 is 5.97 Å². The van der Waals surface area contributed by atoms with E-state index in [1.807, 2.05) is 7.05 Å². The summed E-state index contributed by atoms with van der Waals surface area (Å²) < 4.78 is 4.95. The lowest BCUT2D eigenvalue weighted by atomic mass is 10.3. The second-order valence-electron chi connectivity index (χ2n) is 4.65. The van der Waals surface area contributed by atoms with Crippen LogP contribution in [-0.4, -0.2) is 34.7 Å². The Bertz CT molecular complexity index is 388. The molecular formula is C11H16N2O3. The van der Waals surface area contributed by atoms with Crippen molar-refractivity contribution in [1.29, 1.82) is 0 Å². The molecule has 1 saturated carbocycles. The lowest BCUT2D eigenvalue weighted by Gasteiger charge is -2.13. The summed E-state index contributed by atoms with van der Waals surface area (Å²) in [4.78, 5) is 12.7. The van der Waals surface area contributed by atoms with Crippen molar-refractivity contribution in [2.45, 2.75) is 19.9 Å². The van der Waals surface area contributed by atoms with E-state index in [4.69, 9.17) is 9.63 Å². The van der Waals surface area contributed by atoms with E-state index in [0.29, 0.717) is 12.3 Å². The highest BCUT2D eigenvalue weighted by Crippen LogP contribution is 2.38. The number of aromatic carboxylic acids is 1. The van der Waals surface area contributed by atoms with Crippen molar-refractivity contribution in [2.24, 2.45) is 11.8 Å². The molecule has 0 amide bonds.